The molecule has 0 bridgehead atoms. The van der Waals surface area contributed by atoms with Gasteiger partial charge in [-0.15, -0.1) is 0 Å². The number of carbonyl (C=O) groups excluding carboxylic acids is 1. The lowest BCUT2D eigenvalue weighted by Gasteiger charge is -2.28. The Kier molecular flexibility index (Phi) is 3.52. The summed E-state index contributed by atoms with van der Waals surface area (Å²) in [7, 11) is 0. The molecule has 2 aromatic heterocycles. The van der Waals surface area contributed by atoms with E-state index in [1.165, 1.54) is 19.1 Å². The van der Waals surface area contributed by atoms with Gasteiger partial charge in [0, 0.05) is 30.8 Å². The molecule has 2 aromatic rings. The number of oxazole rings is 1. The van der Waals surface area contributed by atoms with Crippen molar-refractivity contribution in [2.75, 3.05) is 19.7 Å². The van der Waals surface area contributed by atoms with Crippen molar-refractivity contribution in [1.29, 1.82) is 0 Å². The third kappa shape index (κ3) is 2.58. The first kappa shape index (κ1) is 14.2. The first-order valence-electron chi connectivity index (χ1n) is 7.98. The molecule has 1 aliphatic heterocycles. The van der Waals surface area contributed by atoms with E-state index in [1.54, 1.807) is 6.20 Å². The number of hydrogen-bond donors (Lipinski definition) is 0. The molecule has 2 atom stereocenters. The first-order valence-corrected chi connectivity index (χ1v) is 7.98. The van der Waals surface area contributed by atoms with Crippen LogP contribution < -0.4 is 4.74 Å². The number of pyridine rings is 1. The standard InChI is InChI=1S/C17H19N3O3/c21-16(14-9-22-12-19-14)20-8-13-4-3-6-17(13,10-20)11-23-15-5-1-2-7-18-15/h1-2,5,7,9,12-13H,3-4,6,8,10-11H2/t13-,17+/m1/s1. The zero-order valence-electron chi connectivity index (χ0n) is 12.9. The molecule has 120 valence electrons. The predicted molar refractivity (Wildman–Crippen MR) is 81.9 cm³/mol. The van der Waals surface area contributed by atoms with Gasteiger partial charge < -0.3 is 14.1 Å². The number of aromatic nitrogens is 2. The molecule has 1 saturated heterocycles. The quantitative estimate of drug-likeness (QED) is 0.867. The van der Waals surface area contributed by atoms with Crippen LogP contribution in [-0.2, 0) is 0 Å². The van der Waals surface area contributed by atoms with E-state index in [9.17, 15) is 4.79 Å². The summed E-state index contributed by atoms with van der Waals surface area (Å²) >= 11 is 0. The van der Waals surface area contributed by atoms with Crippen LogP contribution in [-0.4, -0.2) is 40.5 Å². The third-order valence-electron chi connectivity index (χ3n) is 5.12. The van der Waals surface area contributed by atoms with Crippen LogP contribution in [0.5, 0.6) is 5.88 Å². The molecule has 23 heavy (non-hydrogen) atoms. The SMILES string of the molecule is O=C(c1cocn1)N1C[C@H]2CCC[C@@]2(COc2ccccn2)C1. The maximum absolute atomic E-state index is 12.5. The Morgan fingerprint density at radius 3 is 3.17 bits per heavy atom. The number of rotatable bonds is 4. The van der Waals surface area contributed by atoms with E-state index < -0.39 is 0 Å². The Morgan fingerprint density at radius 2 is 2.39 bits per heavy atom. The molecule has 1 saturated carbocycles. The van der Waals surface area contributed by atoms with Crippen LogP contribution in [0.4, 0.5) is 0 Å². The molecule has 6 nitrogen and oxygen atoms in total. The molecule has 1 aliphatic carbocycles. The van der Waals surface area contributed by atoms with Crippen molar-refractivity contribution in [1.82, 2.24) is 14.9 Å². The summed E-state index contributed by atoms with van der Waals surface area (Å²) in [6.07, 6.45) is 7.87. The van der Waals surface area contributed by atoms with Crippen LogP contribution in [0.3, 0.4) is 0 Å². The molecule has 1 amide bonds. The Balaban J connectivity index is 1.47. The second kappa shape index (κ2) is 5.68. The summed E-state index contributed by atoms with van der Waals surface area (Å²) in [5.41, 5.74) is 0.419. The largest absolute Gasteiger partial charge is 0.477 e. The van der Waals surface area contributed by atoms with Crippen LogP contribution >= 0.6 is 0 Å². The second-order valence-electron chi connectivity index (χ2n) is 6.47. The summed E-state index contributed by atoms with van der Waals surface area (Å²) in [4.78, 5) is 22.6. The molecular formula is C17H19N3O3. The number of likely N-dealkylation sites (tertiary alicyclic amines) is 1. The lowest BCUT2D eigenvalue weighted by atomic mass is 9.81. The minimum absolute atomic E-state index is 0.0386. The minimum Gasteiger partial charge on any atom is -0.477 e. The maximum Gasteiger partial charge on any atom is 0.275 e. The van der Waals surface area contributed by atoms with Crippen molar-refractivity contribution >= 4 is 5.91 Å². The first-order chi connectivity index (χ1) is 11.3. The molecule has 0 N–H and O–H groups in total. The monoisotopic (exact) mass is 313 g/mol. The molecule has 0 spiro atoms. The van der Waals surface area contributed by atoms with E-state index in [-0.39, 0.29) is 11.3 Å². The number of hydrogen-bond acceptors (Lipinski definition) is 5. The van der Waals surface area contributed by atoms with Crippen LogP contribution in [0.2, 0.25) is 0 Å². The Hall–Kier alpha value is -2.37. The fourth-order valence-corrected chi connectivity index (χ4v) is 3.94. The van der Waals surface area contributed by atoms with Gasteiger partial charge in [0.2, 0.25) is 5.88 Å². The molecular weight excluding hydrogens is 294 g/mol. The number of carbonyl (C=O) groups is 1. The zero-order chi connectivity index (χ0) is 15.7. The van der Waals surface area contributed by atoms with Crippen molar-refractivity contribution in [3.05, 3.63) is 42.7 Å². The van der Waals surface area contributed by atoms with Crippen molar-refractivity contribution in [3.63, 3.8) is 0 Å². The van der Waals surface area contributed by atoms with Crippen molar-refractivity contribution < 1.29 is 13.9 Å². The van der Waals surface area contributed by atoms with E-state index in [4.69, 9.17) is 9.15 Å². The molecule has 3 heterocycles. The minimum atomic E-state index is -0.0506. The lowest BCUT2D eigenvalue weighted by Crippen LogP contribution is -2.35. The van der Waals surface area contributed by atoms with Gasteiger partial charge in [-0.05, 0) is 24.8 Å². The number of nitrogens with zero attached hydrogens (tertiary/aromatic N) is 3. The number of fused-ring (bicyclic) bond motifs is 1. The van der Waals surface area contributed by atoms with Crippen LogP contribution in [0.15, 0.2) is 41.5 Å². The van der Waals surface area contributed by atoms with Gasteiger partial charge in [-0.2, -0.15) is 0 Å². The highest BCUT2D eigenvalue weighted by atomic mass is 16.5. The fraction of sp³-hybridized carbons (Fsp3) is 0.471. The summed E-state index contributed by atoms with van der Waals surface area (Å²) < 4.78 is 10.9. The van der Waals surface area contributed by atoms with Gasteiger partial charge in [0.15, 0.2) is 12.1 Å². The van der Waals surface area contributed by atoms with E-state index in [1.807, 2.05) is 23.1 Å². The summed E-state index contributed by atoms with van der Waals surface area (Å²) in [6, 6.07) is 5.66. The molecule has 4 rings (SSSR count). The van der Waals surface area contributed by atoms with Crippen molar-refractivity contribution in [2.45, 2.75) is 19.3 Å². The normalized spacial score (nSPS) is 26.3. The van der Waals surface area contributed by atoms with E-state index in [0.29, 0.717) is 24.1 Å². The van der Waals surface area contributed by atoms with E-state index >= 15 is 0 Å². The highest BCUT2D eigenvalue weighted by Gasteiger charge is 2.51. The van der Waals surface area contributed by atoms with Gasteiger partial charge in [-0.25, -0.2) is 9.97 Å². The van der Waals surface area contributed by atoms with Gasteiger partial charge in [0.25, 0.3) is 5.91 Å². The van der Waals surface area contributed by atoms with Crippen LogP contribution in [0.25, 0.3) is 0 Å². The lowest BCUT2D eigenvalue weighted by molar-refractivity contribution is 0.0739. The third-order valence-corrected chi connectivity index (χ3v) is 5.12. The molecule has 2 fully saturated rings. The smallest absolute Gasteiger partial charge is 0.275 e. The average molecular weight is 313 g/mol. The summed E-state index contributed by atoms with van der Waals surface area (Å²) in [5.74, 6) is 1.08. The maximum atomic E-state index is 12.5. The molecule has 6 heteroatoms. The number of amides is 1. The molecule has 2 aliphatic rings. The van der Waals surface area contributed by atoms with Crippen LogP contribution in [0.1, 0.15) is 29.8 Å². The van der Waals surface area contributed by atoms with Crippen LogP contribution in [0, 0.1) is 11.3 Å². The van der Waals surface area contributed by atoms with E-state index in [0.717, 1.165) is 25.9 Å². The second-order valence-corrected chi connectivity index (χ2v) is 6.47. The average Bonchev–Trinajstić information content (AvgIpc) is 3.29. The predicted octanol–water partition coefficient (Wildman–Crippen LogP) is 2.39. The van der Waals surface area contributed by atoms with Gasteiger partial charge in [0.05, 0.1) is 6.61 Å². The summed E-state index contributed by atoms with van der Waals surface area (Å²) in [6.45, 7) is 2.10. The fourth-order valence-electron chi connectivity index (χ4n) is 3.94. The summed E-state index contributed by atoms with van der Waals surface area (Å²) in [5, 5.41) is 0. The molecule has 0 unspecified atom stereocenters. The highest BCUT2D eigenvalue weighted by molar-refractivity contribution is 5.92. The van der Waals surface area contributed by atoms with Gasteiger partial charge in [-0.3, -0.25) is 4.79 Å². The highest BCUT2D eigenvalue weighted by Crippen LogP contribution is 2.49. The number of ether oxygens (including phenoxy) is 1. The molecule has 0 radical (unpaired) electrons. The Morgan fingerprint density at radius 1 is 1.43 bits per heavy atom. The molecule has 0 aromatic carbocycles. The van der Waals surface area contributed by atoms with Gasteiger partial charge in [0.1, 0.15) is 6.26 Å². The van der Waals surface area contributed by atoms with Crippen molar-refractivity contribution in [2.24, 2.45) is 11.3 Å². The van der Waals surface area contributed by atoms with Gasteiger partial charge >= 0.3 is 0 Å². The Labute approximate surface area is 134 Å². The topological polar surface area (TPSA) is 68.5 Å². The Bertz CT molecular complexity index is 674. The van der Waals surface area contributed by atoms with Gasteiger partial charge in [-0.1, -0.05) is 12.5 Å². The van der Waals surface area contributed by atoms with E-state index in [2.05, 4.69) is 9.97 Å². The zero-order valence-corrected chi connectivity index (χ0v) is 12.9. The van der Waals surface area contributed by atoms with Crippen molar-refractivity contribution in [3.8, 4) is 5.88 Å².